The zero-order valence-electron chi connectivity index (χ0n) is 21.9. The Morgan fingerprint density at radius 2 is 0.775 bits per heavy atom. The second-order valence-corrected chi connectivity index (χ2v) is 7.28. The zero-order chi connectivity index (χ0) is 30.2. The van der Waals surface area contributed by atoms with Gasteiger partial charge in [-0.25, -0.2) is 28.8 Å². The molecule has 0 spiro atoms. The van der Waals surface area contributed by atoms with Gasteiger partial charge in [-0.1, -0.05) is 18.2 Å². The van der Waals surface area contributed by atoms with Crippen molar-refractivity contribution in [2.24, 2.45) is 0 Å². The van der Waals surface area contributed by atoms with Crippen LogP contribution in [0.2, 0.25) is 0 Å². The molecular formula is C28H26O12. The predicted octanol–water partition coefficient (Wildman–Crippen LogP) is 3.60. The minimum Gasteiger partial charge on any atom is -0.478 e. The van der Waals surface area contributed by atoms with Gasteiger partial charge in [0.05, 0.1) is 61.8 Å². The maximum absolute atomic E-state index is 11.2. The molecule has 12 heteroatoms. The van der Waals surface area contributed by atoms with E-state index >= 15 is 0 Å². The minimum atomic E-state index is -1.06. The molecule has 0 saturated heterocycles. The lowest BCUT2D eigenvalue weighted by Crippen LogP contribution is -2.11. The summed E-state index contributed by atoms with van der Waals surface area (Å²) in [4.78, 5) is 65.3. The largest absolute Gasteiger partial charge is 0.478 e. The van der Waals surface area contributed by atoms with Crippen LogP contribution in [0.4, 0.5) is 0 Å². The average Bonchev–Trinajstić information content (AvgIpc) is 3.00. The first-order valence-electron chi connectivity index (χ1n) is 11.1. The predicted molar refractivity (Wildman–Crippen MR) is 139 cm³/mol. The molecule has 0 heterocycles. The first-order chi connectivity index (χ1) is 19.0. The molecule has 0 aliphatic heterocycles. The summed E-state index contributed by atoms with van der Waals surface area (Å²) in [5.41, 5.74) is 1.24. The van der Waals surface area contributed by atoms with E-state index in [2.05, 4.69) is 18.9 Å². The lowest BCUT2D eigenvalue weighted by Gasteiger charge is -2.04. The number of benzene rings is 3. The van der Waals surface area contributed by atoms with Gasteiger partial charge >= 0.3 is 35.8 Å². The van der Waals surface area contributed by atoms with Crippen molar-refractivity contribution in [3.63, 3.8) is 0 Å². The number of esters is 4. The third-order valence-electron chi connectivity index (χ3n) is 4.82. The van der Waals surface area contributed by atoms with Gasteiger partial charge in [0.15, 0.2) is 0 Å². The fourth-order valence-corrected chi connectivity index (χ4v) is 2.82. The number of hydrogen-bond acceptors (Lipinski definition) is 10. The molecule has 0 aromatic heterocycles. The quantitative estimate of drug-likeness (QED) is 0.334. The van der Waals surface area contributed by atoms with Crippen LogP contribution in [0.15, 0.2) is 72.8 Å². The summed E-state index contributed by atoms with van der Waals surface area (Å²) in [6.45, 7) is 0. The van der Waals surface area contributed by atoms with Gasteiger partial charge in [-0.15, -0.1) is 0 Å². The van der Waals surface area contributed by atoms with E-state index in [1.165, 1.54) is 70.9 Å². The monoisotopic (exact) mass is 554 g/mol. The van der Waals surface area contributed by atoms with Crippen LogP contribution in [0.5, 0.6) is 0 Å². The molecule has 0 aliphatic rings. The van der Waals surface area contributed by atoms with E-state index in [-0.39, 0.29) is 22.3 Å². The molecule has 0 radical (unpaired) electrons. The van der Waals surface area contributed by atoms with Crippen molar-refractivity contribution in [3.05, 3.63) is 106 Å². The molecule has 0 fully saturated rings. The molecule has 3 rings (SSSR count). The van der Waals surface area contributed by atoms with Crippen LogP contribution in [-0.4, -0.2) is 74.5 Å². The van der Waals surface area contributed by atoms with Crippen molar-refractivity contribution in [1.29, 1.82) is 0 Å². The van der Waals surface area contributed by atoms with Gasteiger partial charge in [0.25, 0.3) is 0 Å². The highest BCUT2D eigenvalue weighted by Gasteiger charge is 2.16. The van der Waals surface area contributed by atoms with Crippen molar-refractivity contribution in [2.45, 2.75) is 0 Å². The second-order valence-electron chi connectivity index (χ2n) is 7.28. The number of rotatable bonds is 6. The number of aromatic carboxylic acids is 2. The standard InChI is InChI=1S/2C10H10O4.C8H6O4/c1-13-9(11)7-4-3-5-8(6-7)10(12)14-2;1-13-9(11)7-5-3-4-6-8(7)10(12)14-2;9-7(10)5-1-2-6(4-3-5)8(11)12/h2*3-6H,1-2H3;1-4H,(H,9,10)(H,11,12). The SMILES string of the molecule is COC(=O)c1cccc(C(=O)OC)c1.COC(=O)c1ccccc1C(=O)OC.O=C(O)c1ccc(C(=O)O)cc1. The summed E-state index contributed by atoms with van der Waals surface area (Å²) in [7, 11) is 5.09. The fraction of sp³-hybridized carbons (Fsp3) is 0.143. The van der Waals surface area contributed by atoms with E-state index in [1.54, 1.807) is 30.3 Å². The first-order valence-corrected chi connectivity index (χ1v) is 11.1. The summed E-state index contributed by atoms with van der Waals surface area (Å²) in [5.74, 6) is -4.18. The van der Waals surface area contributed by atoms with E-state index in [4.69, 9.17) is 10.2 Å². The summed E-state index contributed by atoms with van der Waals surface area (Å²) >= 11 is 0. The third-order valence-corrected chi connectivity index (χ3v) is 4.82. The van der Waals surface area contributed by atoms with Crippen LogP contribution in [0.25, 0.3) is 0 Å². The normalized spacial score (nSPS) is 9.30. The molecular weight excluding hydrogens is 528 g/mol. The van der Waals surface area contributed by atoms with Crippen LogP contribution in [0, 0.1) is 0 Å². The summed E-state index contributed by atoms with van der Waals surface area (Å²) in [6, 6.07) is 17.5. The molecule has 0 unspecified atom stereocenters. The Bertz CT molecular complexity index is 1260. The van der Waals surface area contributed by atoms with Crippen molar-refractivity contribution >= 4 is 35.8 Å². The highest BCUT2D eigenvalue weighted by atomic mass is 16.5. The summed E-state index contributed by atoms with van der Waals surface area (Å²) in [6.07, 6.45) is 0. The molecule has 3 aromatic carbocycles. The van der Waals surface area contributed by atoms with Crippen LogP contribution in [-0.2, 0) is 18.9 Å². The molecule has 40 heavy (non-hydrogen) atoms. The van der Waals surface area contributed by atoms with Gasteiger partial charge in [-0.05, 0) is 54.6 Å². The Morgan fingerprint density at radius 3 is 1.05 bits per heavy atom. The van der Waals surface area contributed by atoms with Crippen LogP contribution < -0.4 is 0 Å². The van der Waals surface area contributed by atoms with Crippen LogP contribution >= 0.6 is 0 Å². The Hall–Kier alpha value is -5.52. The van der Waals surface area contributed by atoms with Crippen molar-refractivity contribution in [1.82, 2.24) is 0 Å². The second kappa shape index (κ2) is 16.3. The highest BCUT2D eigenvalue weighted by molar-refractivity contribution is 6.03. The Balaban J connectivity index is 0.000000301. The Morgan fingerprint density at radius 1 is 0.450 bits per heavy atom. The van der Waals surface area contributed by atoms with Gasteiger partial charge in [-0.3, -0.25) is 0 Å². The van der Waals surface area contributed by atoms with Crippen molar-refractivity contribution < 1.29 is 57.9 Å². The van der Waals surface area contributed by atoms with E-state index < -0.39 is 35.8 Å². The molecule has 3 aromatic rings. The van der Waals surface area contributed by atoms with Crippen molar-refractivity contribution in [3.8, 4) is 0 Å². The average molecular weight is 555 g/mol. The van der Waals surface area contributed by atoms with E-state index in [9.17, 15) is 28.8 Å². The van der Waals surface area contributed by atoms with Gasteiger partial charge in [0.2, 0.25) is 0 Å². The molecule has 0 aliphatic carbocycles. The van der Waals surface area contributed by atoms with Gasteiger partial charge in [-0.2, -0.15) is 0 Å². The Kier molecular flexibility index (Phi) is 13.3. The fourth-order valence-electron chi connectivity index (χ4n) is 2.82. The molecule has 210 valence electrons. The van der Waals surface area contributed by atoms with Crippen molar-refractivity contribution in [2.75, 3.05) is 28.4 Å². The Labute approximate surface area is 228 Å². The number of carboxylic acids is 2. The molecule has 2 N–H and O–H groups in total. The smallest absolute Gasteiger partial charge is 0.338 e. The number of ether oxygens (including phenoxy) is 4. The summed E-state index contributed by atoms with van der Waals surface area (Å²) in [5, 5.41) is 16.9. The molecule has 0 saturated carbocycles. The molecule has 0 bridgehead atoms. The maximum Gasteiger partial charge on any atom is 0.338 e. The highest BCUT2D eigenvalue weighted by Crippen LogP contribution is 2.11. The molecule has 0 atom stereocenters. The summed E-state index contributed by atoms with van der Waals surface area (Å²) < 4.78 is 18.1. The molecule has 0 amide bonds. The van der Waals surface area contributed by atoms with Gasteiger partial charge in [0.1, 0.15) is 0 Å². The molecule has 12 nitrogen and oxygen atoms in total. The van der Waals surface area contributed by atoms with E-state index in [0.717, 1.165) is 0 Å². The topological polar surface area (TPSA) is 180 Å². The number of hydrogen-bond donors (Lipinski definition) is 2. The number of carbonyl (C=O) groups is 6. The minimum absolute atomic E-state index is 0.0833. The van der Waals surface area contributed by atoms with Gasteiger partial charge < -0.3 is 29.2 Å². The first kappa shape index (κ1) is 32.5. The lowest BCUT2D eigenvalue weighted by molar-refractivity contribution is 0.0555. The van der Waals surface area contributed by atoms with Gasteiger partial charge in [0, 0.05) is 0 Å². The number of carboxylic acid groups (broad SMARTS) is 2. The maximum atomic E-state index is 11.2. The van der Waals surface area contributed by atoms with Crippen LogP contribution in [0.1, 0.15) is 62.1 Å². The third kappa shape index (κ3) is 9.74. The zero-order valence-corrected chi connectivity index (χ0v) is 21.9. The van der Waals surface area contributed by atoms with Crippen LogP contribution in [0.3, 0.4) is 0 Å². The number of carbonyl (C=O) groups excluding carboxylic acids is 4. The van der Waals surface area contributed by atoms with E-state index in [1.807, 2.05) is 0 Å². The number of methoxy groups -OCH3 is 4. The lowest BCUT2D eigenvalue weighted by atomic mass is 10.1. The van der Waals surface area contributed by atoms with E-state index in [0.29, 0.717) is 11.1 Å².